The molecule has 1 heterocycles. The van der Waals surface area contributed by atoms with Crippen LogP contribution in [0.5, 0.6) is 0 Å². The zero-order valence-corrected chi connectivity index (χ0v) is 18.5. The van der Waals surface area contributed by atoms with Gasteiger partial charge in [0.2, 0.25) is 5.91 Å². The van der Waals surface area contributed by atoms with Crippen molar-refractivity contribution < 1.29 is 13.8 Å². The molecule has 6 nitrogen and oxygen atoms in total. The van der Waals surface area contributed by atoms with Gasteiger partial charge in [0, 0.05) is 30.9 Å². The summed E-state index contributed by atoms with van der Waals surface area (Å²) in [5.41, 5.74) is 9.27. The summed E-state index contributed by atoms with van der Waals surface area (Å²) in [6, 6.07) is 15.3. The number of benzene rings is 2. The van der Waals surface area contributed by atoms with Gasteiger partial charge >= 0.3 is 0 Å². The van der Waals surface area contributed by atoms with Crippen molar-refractivity contribution in [2.24, 2.45) is 5.73 Å². The van der Waals surface area contributed by atoms with Crippen LogP contribution < -0.4 is 11.1 Å². The quantitative estimate of drug-likeness (QED) is 0.615. The summed E-state index contributed by atoms with van der Waals surface area (Å²) in [7, 11) is -2.44. The molecule has 162 valence electrons. The molecule has 3 rings (SSSR count). The Morgan fingerprint density at radius 3 is 2.47 bits per heavy atom. The van der Waals surface area contributed by atoms with Gasteiger partial charge in [0.15, 0.2) is 0 Å². The maximum atomic E-state index is 13.0. The lowest BCUT2D eigenvalue weighted by Crippen LogP contribution is -2.38. The largest absolute Gasteiger partial charge is 0.339 e. The van der Waals surface area contributed by atoms with E-state index >= 15 is 0 Å². The van der Waals surface area contributed by atoms with Gasteiger partial charge in [-0.1, -0.05) is 30.3 Å². The third-order valence-corrected chi connectivity index (χ3v) is 6.41. The second-order valence-corrected chi connectivity index (χ2v) is 11.8. The number of likely N-dealkylation sites (tertiary alicyclic amines) is 1. The van der Waals surface area contributed by atoms with Crippen LogP contribution in [0.4, 0.5) is 5.69 Å². The monoisotopic (exact) mass is 429 g/mol. The highest BCUT2D eigenvalue weighted by Crippen LogP contribution is 2.29. The van der Waals surface area contributed by atoms with E-state index in [4.69, 9.17) is 5.73 Å². The predicted octanol–water partition coefficient (Wildman–Crippen LogP) is 2.38. The van der Waals surface area contributed by atoms with Crippen molar-refractivity contribution in [2.45, 2.75) is 25.3 Å². The van der Waals surface area contributed by atoms with Gasteiger partial charge in [-0.3, -0.25) is 13.8 Å². The molecule has 0 unspecified atom stereocenters. The Balaban J connectivity index is 1.61. The van der Waals surface area contributed by atoms with E-state index in [1.165, 1.54) is 5.56 Å². The lowest BCUT2D eigenvalue weighted by Gasteiger charge is -2.32. The molecule has 2 aromatic carbocycles. The van der Waals surface area contributed by atoms with E-state index in [9.17, 15) is 13.8 Å². The molecule has 0 spiro atoms. The number of piperidine rings is 1. The fourth-order valence-electron chi connectivity index (χ4n) is 3.85. The molecule has 1 fully saturated rings. The molecule has 2 aromatic rings. The Bertz CT molecular complexity index is 962. The van der Waals surface area contributed by atoms with Gasteiger partial charge in [-0.15, -0.1) is 9.93 Å². The lowest BCUT2D eigenvalue weighted by atomic mass is 9.88. The normalized spacial score (nSPS) is 15.6. The Kier molecular flexibility index (Phi) is 7.05. The molecular weight excluding hydrogens is 398 g/mol. The van der Waals surface area contributed by atoms with Crippen LogP contribution in [0.1, 0.15) is 40.2 Å². The van der Waals surface area contributed by atoms with Crippen LogP contribution >= 0.6 is 0 Å². The molecule has 3 N–H and O–H groups in total. The first-order chi connectivity index (χ1) is 14.2. The Morgan fingerprint density at radius 1 is 1.10 bits per heavy atom. The topological polar surface area (TPSA) is 92.5 Å². The summed E-state index contributed by atoms with van der Waals surface area (Å²) in [4.78, 5) is 26.9. The highest BCUT2D eigenvalue weighted by atomic mass is 32.2. The van der Waals surface area contributed by atoms with E-state index < -0.39 is 9.93 Å². The van der Waals surface area contributed by atoms with Gasteiger partial charge in [-0.2, -0.15) is 0 Å². The number of nitrogens with one attached hydrogen (secondary N) is 1. The number of nitrogens with two attached hydrogens (primary N) is 1. The van der Waals surface area contributed by atoms with E-state index in [0.29, 0.717) is 36.8 Å². The molecule has 0 aliphatic carbocycles. The SMILES string of the molecule is C[SH](C)(=O)CC(=O)Nc1cccc(C(=O)N2CCC(c3cccc(CN)c3)CC2)c1. The van der Waals surface area contributed by atoms with E-state index in [0.717, 1.165) is 18.4 Å². The molecule has 1 aliphatic heterocycles. The Hall–Kier alpha value is -2.51. The summed E-state index contributed by atoms with van der Waals surface area (Å²) >= 11 is 0. The van der Waals surface area contributed by atoms with E-state index in [2.05, 4.69) is 17.4 Å². The zero-order chi connectivity index (χ0) is 21.7. The molecular formula is C23H31N3O3S. The minimum Gasteiger partial charge on any atom is -0.339 e. The third kappa shape index (κ3) is 6.00. The highest BCUT2D eigenvalue weighted by molar-refractivity contribution is 8.02. The average molecular weight is 430 g/mol. The van der Waals surface area contributed by atoms with Crippen LogP contribution in [0.25, 0.3) is 0 Å². The predicted molar refractivity (Wildman–Crippen MR) is 124 cm³/mol. The fourth-order valence-corrected chi connectivity index (χ4v) is 4.62. The van der Waals surface area contributed by atoms with Gasteiger partial charge in [0.1, 0.15) is 0 Å². The Labute approximate surface area is 179 Å². The van der Waals surface area contributed by atoms with Gasteiger partial charge in [0.05, 0.1) is 5.75 Å². The molecule has 0 bridgehead atoms. The van der Waals surface area contributed by atoms with Crippen molar-refractivity contribution in [3.05, 3.63) is 65.2 Å². The second kappa shape index (κ2) is 9.53. The molecule has 1 saturated heterocycles. The first kappa shape index (κ1) is 22.2. The smallest absolute Gasteiger partial charge is 0.253 e. The van der Waals surface area contributed by atoms with Crippen LogP contribution in [0.15, 0.2) is 48.5 Å². The van der Waals surface area contributed by atoms with Crippen molar-refractivity contribution in [1.82, 2.24) is 4.90 Å². The van der Waals surface area contributed by atoms with E-state index in [-0.39, 0.29) is 17.6 Å². The molecule has 7 heteroatoms. The fraction of sp³-hybridized carbons (Fsp3) is 0.391. The number of nitrogens with zero attached hydrogens (tertiary/aromatic N) is 1. The van der Waals surface area contributed by atoms with Crippen molar-refractivity contribution in [3.8, 4) is 0 Å². The summed E-state index contributed by atoms with van der Waals surface area (Å²) < 4.78 is 11.8. The van der Waals surface area contributed by atoms with Gasteiger partial charge < -0.3 is 16.0 Å². The number of carbonyl (C=O) groups is 2. The standard InChI is InChI=1S/C23H31N3O3S/c1-30(2,29)16-22(27)25-21-8-4-7-20(14-21)23(28)26-11-9-18(10-12-26)19-6-3-5-17(13-19)15-24/h3-8,13-14,18,30H,9-12,15-16,24H2,1-2H3,(H,25,27). The van der Waals surface area contributed by atoms with Crippen molar-refractivity contribution in [1.29, 1.82) is 0 Å². The summed E-state index contributed by atoms with van der Waals surface area (Å²) in [5.74, 6) is 0.0969. The molecule has 30 heavy (non-hydrogen) atoms. The second-order valence-electron chi connectivity index (χ2n) is 8.38. The summed E-state index contributed by atoms with van der Waals surface area (Å²) in [6.45, 7) is 1.93. The van der Waals surface area contributed by atoms with Crippen LogP contribution in [0.2, 0.25) is 0 Å². The molecule has 0 radical (unpaired) electrons. The molecule has 1 aliphatic rings. The molecule has 0 aromatic heterocycles. The number of rotatable bonds is 6. The van der Waals surface area contributed by atoms with Crippen LogP contribution in [0.3, 0.4) is 0 Å². The number of thiol groups is 1. The third-order valence-electron chi connectivity index (χ3n) is 5.36. The number of anilines is 1. The van der Waals surface area contributed by atoms with E-state index in [1.807, 2.05) is 17.0 Å². The van der Waals surface area contributed by atoms with Gasteiger partial charge in [0.25, 0.3) is 5.91 Å². The Morgan fingerprint density at radius 2 is 1.80 bits per heavy atom. The van der Waals surface area contributed by atoms with Crippen molar-refractivity contribution in [3.63, 3.8) is 0 Å². The first-order valence-electron chi connectivity index (χ1n) is 10.3. The average Bonchev–Trinajstić information content (AvgIpc) is 2.72. The zero-order valence-electron chi connectivity index (χ0n) is 17.6. The van der Waals surface area contributed by atoms with Crippen LogP contribution in [-0.4, -0.2) is 52.3 Å². The van der Waals surface area contributed by atoms with Crippen molar-refractivity contribution in [2.75, 3.05) is 36.7 Å². The van der Waals surface area contributed by atoms with Crippen molar-refractivity contribution >= 4 is 27.4 Å². The summed E-state index contributed by atoms with van der Waals surface area (Å²) in [5, 5.41) is 2.74. The number of carbonyl (C=O) groups excluding carboxylic acids is 2. The maximum absolute atomic E-state index is 13.0. The summed E-state index contributed by atoms with van der Waals surface area (Å²) in [6.07, 6.45) is 5.00. The minimum absolute atomic E-state index is 0.00988. The highest BCUT2D eigenvalue weighted by Gasteiger charge is 2.25. The number of amides is 2. The van der Waals surface area contributed by atoms with E-state index in [1.54, 1.807) is 36.8 Å². The molecule has 0 saturated carbocycles. The van der Waals surface area contributed by atoms with Crippen LogP contribution in [0, 0.1) is 0 Å². The first-order valence-corrected chi connectivity index (χ1v) is 13.1. The molecule has 2 amide bonds. The number of hydrogen-bond donors (Lipinski definition) is 3. The maximum Gasteiger partial charge on any atom is 0.253 e. The lowest BCUT2D eigenvalue weighted by molar-refractivity contribution is -0.113. The van der Waals surface area contributed by atoms with Crippen LogP contribution in [-0.2, 0) is 21.3 Å². The van der Waals surface area contributed by atoms with Gasteiger partial charge in [-0.05, 0) is 60.6 Å². The number of hydrogen-bond acceptors (Lipinski definition) is 4. The molecule has 0 atom stereocenters. The minimum atomic E-state index is -2.44. The van der Waals surface area contributed by atoms with Gasteiger partial charge in [-0.25, -0.2) is 0 Å².